The maximum absolute atomic E-state index is 12.6. The molecule has 1 aliphatic rings. The molecule has 1 aromatic carbocycles. The zero-order valence-electron chi connectivity index (χ0n) is 15.4. The molecular weight excluding hydrogens is 306 g/mol. The van der Waals surface area contributed by atoms with E-state index in [0.29, 0.717) is 32.5 Å². The van der Waals surface area contributed by atoms with Crippen molar-refractivity contribution in [3.63, 3.8) is 0 Å². The second-order valence-corrected chi connectivity index (χ2v) is 7.29. The number of nitrogens with zero attached hydrogens (tertiary/aromatic N) is 1. The number of amides is 1. The smallest absolute Gasteiger partial charge is 0.223 e. The lowest BCUT2D eigenvalue weighted by atomic mass is 9.88. The molecule has 0 spiro atoms. The molecule has 1 unspecified atom stereocenters. The minimum absolute atomic E-state index is 0.0408. The van der Waals surface area contributed by atoms with Crippen LogP contribution in [0.5, 0.6) is 11.5 Å². The highest BCUT2D eigenvalue weighted by Crippen LogP contribution is 2.26. The molecule has 5 heteroatoms. The number of hydrogen-bond donors (Lipinski definition) is 0. The molecule has 24 heavy (non-hydrogen) atoms. The SMILES string of the molecule is COc1cc(CCC(=O)N2CCOC(C(C)(C)C)C2)cc(OC)c1. The van der Waals surface area contributed by atoms with Gasteiger partial charge in [0, 0.05) is 25.6 Å². The number of aryl methyl sites for hydroxylation is 1. The van der Waals surface area contributed by atoms with Crippen LogP contribution in [-0.4, -0.2) is 50.8 Å². The number of carbonyl (C=O) groups excluding carboxylic acids is 1. The third-order valence-electron chi connectivity index (χ3n) is 4.42. The van der Waals surface area contributed by atoms with Crippen LogP contribution in [0.3, 0.4) is 0 Å². The van der Waals surface area contributed by atoms with Crippen molar-refractivity contribution < 1.29 is 19.0 Å². The molecule has 134 valence electrons. The van der Waals surface area contributed by atoms with Crippen LogP contribution in [-0.2, 0) is 16.0 Å². The number of rotatable bonds is 5. The maximum atomic E-state index is 12.6. The van der Waals surface area contributed by atoms with Gasteiger partial charge in [0.1, 0.15) is 11.5 Å². The molecule has 0 bridgehead atoms. The molecule has 0 saturated carbocycles. The van der Waals surface area contributed by atoms with Crippen molar-refractivity contribution in [1.82, 2.24) is 4.90 Å². The fourth-order valence-corrected chi connectivity index (χ4v) is 2.82. The molecule has 5 nitrogen and oxygen atoms in total. The first kappa shape index (κ1) is 18.6. The Bertz CT molecular complexity index is 543. The Morgan fingerprint density at radius 2 is 1.83 bits per heavy atom. The molecule has 0 aliphatic carbocycles. The Hall–Kier alpha value is -1.75. The van der Waals surface area contributed by atoms with Crippen molar-refractivity contribution in [3.05, 3.63) is 23.8 Å². The van der Waals surface area contributed by atoms with Gasteiger partial charge >= 0.3 is 0 Å². The standard InChI is InChI=1S/C19H29NO4/c1-19(2,3)17-13-20(8-9-24-17)18(21)7-6-14-10-15(22-4)12-16(11-14)23-5/h10-12,17H,6-9,13H2,1-5H3. The fourth-order valence-electron chi connectivity index (χ4n) is 2.82. The van der Waals surface area contributed by atoms with Crippen LogP contribution in [0.4, 0.5) is 0 Å². The zero-order chi connectivity index (χ0) is 17.7. The lowest BCUT2D eigenvalue weighted by Gasteiger charge is -2.39. The number of benzene rings is 1. The van der Waals surface area contributed by atoms with E-state index >= 15 is 0 Å². The number of ether oxygens (including phenoxy) is 3. The van der Waals surface area contributed by atoms with E-state index in [1.54, 1.807) is 14.2 Å². The van der Waals surface area contributed by atoms with Crippen molar-refractivity contribution >= 4 is 5.91 Å². The van der Waals surface area contributed by atoms with E-state index < -0.39 is 0 Å². The quantitative estimate of drug-likeness (QED) is 0.830. The number of morpholine rings is 1. The van der Waals surface area contributed by atoms with Crippen molar-refractivity contribution in [1.29, 1.82) is 0 Å². The Kier molecular flexibility index (Phi) is 6.10. The molecule has 2 rings (SSSR count). The van der Waals surface area contributed by atoms with E-state index in [1.165, 1.54) is 0 Å². The number of methoxy groups -OCH3 is 2. The minimum atomic E-state index is 0.0408. The molecule has 0 N–H and O–H groups in total. The second kappa shape index (κ2) is 7.88. The highest BCUT2D eigenvalue weighted by molar-refractivity contribution is 5.76. The molecule has 0 radical (unpaired) electrons. The predicted molar refractivity (Wildman–Crippen MR) is 93.6 cm³/mol. The predicted octanol–water partition coefficient (Wildman–Crippen LogP) is 2.91. The average molecular weight is 335 g/mol. The molecule has 0 aromatic heterocycles. The lowest BCUT2D eigenvalue weighted by molar-refractivity contribution is -0.143. The summed E-state index contributed by atoms with van der Waals surface area (Å²) in [6, 6.07) is 5.74. The van der Waals surface area contributed by atoms with Gasteiger partial charge in [-0.1, -0.05) is 20.8 Å². The van der Waals surface area contributed by atoms with E-state index in [2.05, 4.69) is 20.8 Å². The van der Waals surface area contributed by atoms with Crippen molar-refractivity contribution in [2.75, 3.05) is 33.9 Å². The van der Waals surface area contributed by atoms with Gasteiger partial charge in [-0.3, -0.25) is 4.79 Å². The summed E-state index contributed by atoms with van der Waals surface area (Å²) in [5, 5.41) is 0. The van der Waals surface area contributed by atoms with Gasteiger partial charge in [-0.25, -0.2) is 0 Å². The third kappa shape index (κ3) is 4.87. The normalized spacial score (nSPS) is 18.4. The van der Waals surface area contributed by atoms with E-state index in [0.717, 1.165) is 17.1 Å². The van der Waals surface area contributed by atoms with E-state index in [4.69, 9.17) is 14.2 Å². The highest BCUT2D eigenvalue weighted by Gasteiger charge is 2.32. The maximum Gasteiger partial charge on any atom is 0.223 e. The molecule has 1 atom stereocenters. The topological polar surface area (TPSA) is 48.0 Å². The molecule has 1 aliphatic heterocycles. The largest absolute Gasteiger partial charge is 0.497 e. The van der Waals surface area contributed by atoms with E-state index in [9.17, 15) is 4.79 Å². The summed E-state index contributed by atoms with van der Waals surface area (Å²) in [6.07, 6.45) is 1.24. The number of carbonyl (C=O) groups is 1. The Labute approximate surface area is 144 Å². The molecule has 1 heterocycles. The zero-order valence-corrected chi connectivity index (χ0v) is 15.4. The van der Waals surface area contributed by atoms with Crippen LogP contribution in [0.1, 0.15) is 32.8 Å². The lowest BCUT2D eigenvalue weighted by Crippen LogP contribution is -2.50. The summed E-state index contributed by atoms with van der Waals surface area (Å²) >= 11 is 0. The van der Waals surface area contributed by atoms with Gasteiger partial charge < -0.3 is 19.1 Å². The van der Waals surface area contributed by atoms with Crippen LogP contribution in [0.2, 0.25) is 0 Å². The van der Waals surface area contributed by atoms with Crippen LogP contribution in [0, 0.1) is 5.41 Å². The van der Waals surface area contributed by atoms with E-state index in [1.807, 2.05) is 23.1 Å². The van der Waals surface area contributed by atoms with Crippen molar-refractivity contribution in [2.45, 2.75) is 39.7 Å². The van der Waals surface area contributed by atoms with Gasteiger partial charge in [0.15, 0.2) is 0 Å². The molecule has 1 fully saturated rings. The van der Waals surface area contributed by atoms with Gasteiger partial charge in [0.25, 0.3) is 0 Å². The summed E-state index contributed by atoms with van der Waals surface area (Å²) in [7, 11) is 3.26. The first-order valence-electron chi connectivity index (χ1n) is 8.45. The summed E-state index contributed by atoms with van der Waals surface area (Å²) in [5.74, 6) is 1.67. The summed E-state index contributed by atoms with van der Waals surface area (Å²) in [5.41, 5.74) is 1.08. The van der Waals surface area contributed by atoms with Gasteiger partial charge in [-0.15, -0.1) is 0 Å². The monoisotopic (exact) mass is 335 g/mol. The second-order valence-electron chi connectivity index (χ2n) is 7.29. The minimum Gasteiger partial charge on any atom is -0.497 e. The number of hydrogen-bond acceptors (Lipinski definition) is 4. The summed E-state index contributed by atoms with van der Waals surface area (Å²) in [6.45, 7) is 8.40. The third-order valence-corrected chi connectivity index (χ3v) is 4.42. The van der Waals surface area contributed by atoms with Crippen LogP contribution in [0.15, 0.2) is 18.2 Å². The average Bonchev–Trinajstić information content (AvgIpc) is 2.58. The van der Waals surface area contributed by atoms with E-state index in [-0.39, 0.29) is 17.4 Å². The van der Waals surface area contributed by atoms with Crippen LogP contribution in [0.25, 0.3) is 0 Å². The Morgan fingerprint density at radius 1 is 1.21 bits per heavy atom. The van der Waals surface area contributed by atoms with Gasteiger partial charge in [0.05, 0.1) is 26.9 Å². The molecule has 1 amide bonds. The van der Waals surface area contributed by atoms with Crippen LogP contribution >= 0.6 is 0 Å². The summed E-state index contributed by atoms with van der Waals surface area (Å²) in [4.78, 5) is 14.5. The first-order valence-corrected chi connectivity index (χ1v) is 8.45. The molecule has 1 saturated heterocycles. The fraction of sp³-hybridized carbons (Fsp3) is 0.632. The van der Waals surface area contributed by atoms with Gasteiger partial charge in [0.2, 0.25) is 5.91 Å². The highest BCUT2D eigenvalue weighted by atomic mass is 16.5. The Morgan fingerprint density at radius 3 is 2.38 bits per heavy atom. The Balaban J connectivity index is 1.95. The van der Waals surface area contributed by atoms with Gasteiger partial charge in [-0.05, 0) is 29.5 Å². The van der Waals surface area contributed by atoms with Crippen molar-refractivity contribution in [2.24, 2.45) is 5.41 Å². The van der Waals surface area contributed by atoms with Gasteiger partial charge in [-0.2, -0.15) is 0 Å². The molecule has 1 aromatic rings. The molecular formula is C19H29NO4. The summed E-state index contributed by atoms with van der Waals surface area (Å²) < 4.78 is 16.4. The van der Waals surface area contributed by atoms with Crippen molar-refractivity contribution in [3.8, 4) is 11.5 Å². The first-order chi connectivity index (χ1) is 11.3. The van der Waals surface area contributed by atoms with Crippen LogP contribution < -0.4 is 9.47 Å².